The predicted octanol–water partition coefficient (Wildman–Crippen LogP) is 3.22. The molecule has 2 heterocycles. The third-order valence-corrected chi connectivity index (χ3v) is 6.60. The Kier molecular flexibility index (Phi) is 7.22. The topological polar surface area (TPSA) is 55.9 Å². The lowest BCUT2D eigenvalue weighted by Gasteiger charge is -2.39. The van der Waals surface area contributed by atoms with Crippen molar-refractivity contribution in [2.75, 3.05) is 51.1 Å². The van der Waals surface area contributed by atoms with Crippen LogP contribution in [0.3, 0.4) is 0 Å². The predicted molar refractivity (Wildman–Crippen MR) is 128 cm³/mol. The molecule has 4 rings (SSSR count). The summed E-state index contributed by atoms with van der Waals surface area (Å²) in [6.45, 7) is 9.42. The van der Waals surface area contributed by atoms with Crippen molar-refractivity contribution in [3.05, 3.63) is 65.2 Å². The molecule has 2 fully saturated rings. The molecule has 0 aromatic heterocycles. The highest BCUT2D eigenvalue weighted by atomic mass is 16.2. The van der Waals surface area contributed by atoms with Crippen LogP contribution in [0, 0.1) is 13.8 Å². The molecule has 2 aromatic carbocycles. The minimum absolute atomic E-state index is 0.00788. The fourth-order valence-electron chi connectivity index (χ4n) is 4.67. The van der Waals surface area contributed by atoms with Gasteiger partial charge in [0.15, 0.2) is 0 Å². The van der Waals surface area contributed by atoms with E-state index in [0.29, 0.717) is 6.54 Å². The summed E-state index contributed by atoms with van der Waals surface area (Å²) in [7, 11) is 0. The van der Waals surface area contributed by atoms with E-state index in [1.54, 1.807) is 0 Å². The van der Waals surface area contributed by atoms with Crippen LogP contribution >= 0.6 is 0 Å². The van der Waals surface area contributed by atoms with Crippen molar-refractivity contribution in [1.82, 2.24) is 14.7 Å². The van der Waals surface area contributed by atoms with Gasteiger partial charge in [-0.1, -0.05) is 42.5 Å². The molecule has 0 saturated carbocycles. The van der Waals surface area contributed by atoms with Crippen molar-refractivity contribution in [1.29, 1.82) is 0 Å². The van der Waals surface area contributed by atoms with E-state index in [1.807, 2.05) is 61.2 Å². The minimum Gasteiger partial charge on any atom is -0.342 e. The number of likely N-dealkylation sites (tertiary alicyclic amines) is 1. The molecule has 2 aliphatic heterocycles. The number of rotatable bonds is 6. The zero-order chi connectivity index (χ0) is 22.5. The third kappa shape index (κ3) is 5.37. The second-order valence-corrected chi connectivity index (χ2v) is 9.02. The number of anilines is 1. The average molecular weight is 435 g/mol. The van der Waals surface area contributed by atoms with E-state index in [-0.39, 0.29) is 17.9 Å². The monoisotopic (exact) mass is 434 g/mol. The van der Waals surface area contributed by atoms with Crippen LogP contribution in [0.1, 0.15) is 35.6 Å². The van der Waals surface area contributed by atoms with E-state index >= 15 is 0 Å². The number of nitrogens with one attached hydrogen (secondary N) is 1. The maximum absolute atomic E-state index is 13.5. The van der Waals surface area contributed by atoms with Gasteiger partial charge in [0.2, 0.25) is 11.8 Å². The lowest BCUT2D eigenvalue weighted by Crippen LogP contribution is -2.52. The van der Waals surface area contributed by atoms with E-state index in [9.17, 15) is 9.59 Å². The Morgan fingerprint density at radius 1 is 0.906 bits per heavy atom. The summed E-state index contributed by atoms with van der Waals surface area (Å²) in [5, 5.41) is 3.17. The Morgan fingerprint density at radius 3 is 2.28 bits per heavy atom. The number of carbonyl (C=O) groups is 2. The molecular formula is C26H34N4O2. The molecule has 0 bridgehead atoms. The zero-order valence-corrected chi connectivity index (χ0v) is 19.2. The summed E-state index contributed by atoms with van der Waals surface area (Å²) in [5.74, 6) is 0.231. The Balaban J connectivity index is 1.44. The van der Waals surface area contributed by atoms with Crippen LogP contribution in [0.2, 0.25) is 0 Å². The number of carbonyl (C=O) groups excluding carboxylic acids is 2. The normalized spacial score (nSPS) is 18.5. The van der Waals surface area contributed by atoms with Gasteiger partial charge in [-0.2, -0.15) is 0 Å². The minimum atomic E-state index is -0.354. The maximum atomic E-state index is 13.5. The molecule has 32 heavy (non-hydrogen) atoms. The Labute approximate surface area is 191 Å². The third-order valence-electron chi connectivity index (χ3n) is 6.60. The first-order chi connectivity index (χ1) is 15.5. The Hall–Kier alpha value is -2.70. The van der Waals surface area contributed by atoms with Gasteiger partial charge in [-0.3, -0.25) is 19.4 Å². The van der Waals surface area contributed by atoms with Gasteiger partial charge in [-0.05, 0) is 49.4 Å². The number of aryl methyl sites for hydroxylation is 2. The van der Waals surface area contributed by atoms with Crippen molar-refractivity contribution in [2.45, 2.75) is 32.7 Å². The molecule has 2 amide bonds. The lowest BCUT2D eigenvalue weighted by molar-refractivity contribution is -0.132. The molecule has 2 saturated heterocycles. The summed E-state index contributed by atoms with van der Waals surface area (Å²) in [6, 6.07) is 15.8. The zero-order valence-electron chi connectivity index (χ0n) is 19.2. The SMILES string of the molecule is Cc1ccc(C)c(NC(=O)C(c2ccccc2)N2CCN(CC(=O)N3CCCC3)CC2)c1. The molecule has 1 unspecified atom stereocenters. The highest BCUT2D eigenvalue weighted by Gasteiger charge is 2.31. The van der Waals surface area contributed by atoms with Crippen LogP contribution in [-0.4, -0.2) is 72.3 Å². The second-order valence-electron chi connectivity index (χ2n) is 9.02. The van der Waals surface area contributed by atoms with E-state index < -0.39 is 0 Å². The van der Waals surface area contributed by atoms with Gasteiger partial charge >= 0.3 is 0 Å². The van der Waals surface area contributed by atoms with Crippen molar-refractivity contribution in [3.8, 4) is 0 Å². The molecule has 1 atom stereocenters. The number of amides is 2. The largest absolute Gasteiger partial charge is 0.342 e. The fraction of sp³-hybridized carbons (Fsp3) is 0.462. The van der Waals surface area contributed by atoms with Crippen LogP contribution in [0.4, 0.5) is 5.69 Å². The Bertz CT molecular complexity index is 932. The summed E-state index contributed by atoms with van der Waals surface area (Å²) in [6.07, 6.45) is 2.24. The molecule has 0 radical (unpaired) electrons. The standard InChI is InChI=1S/C26H34N4O2/c1-20-10-11-21(2)23(18-20)27-26(32)25(22-8-4-3-5-9-22)30-16-14-28(15-17-30)19-24(31)29-12-6-7-13-29/h3-5,8-11,18,25H,6-7,12-17,19H2,1-2H3,(H,27,32). The number of benzene rings is 2. The second kappa shape index (κ2) is 10.3. The summed E-state index contributed by atoms with van der Waals surface area (Å²) in [5.41, 5.74) is 4.04. The summed E-state index contributed by atoms with van der Waals surface area (Å²) < 4.78 is 0. The highest BCUT2D eigenvalue weighted by molar-refractivity contribution is 5.96. The van der Waals surface area contributed by atoms with Crippen LogP contribution < -0.4 is 5.32 Å². The quantitative estimate of drug-likeness (QED) is 0.759. The van der Waals surface area contributed by atoms with Gasteiger partial charge in [0.25, 0.3) is 0 Å². The molecule has 170 valence electrons. The molecule has 1 N–H and O–H groups in total. The van der Waals surface area contributed by atoms with Gasteiger partial charge in [-0.15, -0.1) is 0 Å². The summed E-state index contributed by atoms with van der Waals surface area (Å²) >= 11 is 0. The smallest absolute Gasteiger partial charge is 0.246 e. The van der Waals surface area contributed by atoms with Crippen LogP contribution in [0.25, 0.3) is 0 Å². The molecular weight excluding hydrogens is 400 g/mol. The molecule has 0 spiro atoms. The molecule has 6 nitrogen and oxygen atoms in total. The van der Waals surface area contributed by atoms with E-state index in [4.69, 9.17) is 0 Å². The van der Waals surface area contributed by atoms with Crippen LogP contribution in [0.15, 0.2) is 48.5 Å². The number of hydrogen-bond donors (Lipinski definition) is 1. The average Bonchev–Trinajstić information content (AvgIpc) is 3.34. The fourth-order valence-corrected chi connectivity index (χ4v) is 4.67. The van der Waals surface area contributed by atoms with E-state index in [0.717, 1.165) is 74.5 Å². The van der Waals surface area contributed by atoms with E-state index in [1.165, 1.54) is 0 Å². The van der Waals surface area contributed by atoms with Crippen molar-refractivity contribution < 1.29 is 9.59 Å². The Morgan fingerprint density at radius 2 is 1.59 bits per heavy atom. The first-order valence-corrected chi connectivity index (χ1v) is 11.7. The molecule has 0 aliphatic carbocycles. The number of nitrogens with zero attached hydrogens (tertiary/aromatic N) is 3. The van der Waals surface area contributed by atoms with Crippen molar-refractivity contribution in [3.63, 3.8) is 0 Å². The van der Waals surface area contributed by atoms with Gasteiger partial charge in [0.1, 0.15) is 6.04 Å². The number of piperazine rings is 1. The molecule has 6 heteroatoms. The van der Waals surface area contributed by atoms with E-state index in [2.05, 4.69) is 21.2 Å². The van der Waals surface area contributed by atoms with Gasteiger partial charge in [0.05, 0.1) is 6.54 Å². The lowest BCUT2D eigenvalue weighted by atomic mass is 10.0. The van der Waals surface area contributed by atoms with Crippen LogP contribution in [0.5, 0.6) is 0 Å². The van der Waals surface area contributed by atoms with Gasteiger partial charge in [0, 0.05) is 45.0 Å². The number of hydrogen-bond acceptors (Lipinski definition) is 4. The first kappa shape index (κ1) is 22.5. The van der Waals surface area contributed by atoms with Crippen molar-refractivity contribution in [2.24, 2.45) is 0 Å². The van der Waals surface area contributed by atoms with Gasteiger partial charge < -0.3 is 10.2 Å². The first-order valence-electron chi connectivity index (χ1n) is 11.7. The maximum Gasteiger partial charge on any atom is 0.246 e. The highest BCUT2D eigenvalue weighted by Crippen LogP contribution is 2.26. The van der Waals surface area contributed by atoms with Crippen LogP contribution in [-0.2, 0) is 9.59 Å². The molecule has 2 aromatic rings. The summed E-state index contributed by atoms with van der Waals surface area (Å²) in [4.78, 5) is 32.5. The molecule has 2 aliphatic rings. The van der Waals surface area contributed by atoms with Gasteiger partial charge in [-0.25, -0.2) is 0 Å². The van der Waals surface area contributed by atoms with Crippen molar-refractivity contribution >= 4 is 17.5 Å².